The van der Waals surface area contributed by atoms with Crippen molar-refractivity contribution < 1.29 is 46.8 Å². The summed E-state index contributed by atoms with van der Waals surface area (Å²) in [7, 11) is -4.64. The highest BCUT2D eigenvalue weighted by atomic mass is 32.2. The predicted molar refractivity (Wildman–Crippen MR) is 97.4 cm³/mol. The molecule has 30 heavy (non-hydrogen) atoms. The lowest BCUT2D eigenvalue weighted by Gasteiger charge is -2.34. The Morgan fingerprint density at radius 1 is 1.43 bits per heavy atom. The fourth-order valence-electron chi connectivity index (χ4n) is 2.03. The van der Waals surface area contributed by atoms with Gasteiger partial charge >= 0.3 is 22.2 Å². The topological polar surface area (TPSA) is 228 Å². The molecule has 1 atom stereocenters. The number of nitrogens with zero attached hydrogens (tertiary/aromatic N) is 3. The Labute approximate surface area is 172 Å². The number of ether oxygens (including phenoxy) is 1. The summed E-state index contributed by atoms with van der Waals surface area (Å²) in [6.07, 6.45) is 0. The molecule has 0 aliphatic carbocycles. The van der Waals surface area contributed by atoms with Gasteiger partial charge in [0.1, 0.15) is 18.8 Å². The lowest BCUT2D eigenvalue weighted by atomic mass is 10.0. The number of anilines is 1. The number of carbonyl (C=O) groups excluding carboxylic acids is 3. The minimum Gasteiger partial charge on any atom is -0.479 e. The summed E-state index contributed by atoms with van der Waals surface area (Å²) in [6, 6.07) is 0. The molecule has 0 radical (unpaired) electrons. The Morgan fingerprint density at radius 3 is 2.67 bits per heavy atom. The zero-order valence-corrected chi connectivity index (χ0v) is 16.5. The van der Waals surface area contributed by atoms with Crippen LogP contribution in [0.1, 0.15) is 5.69 Å². The molecular weight excluding hydrogens is 450 g/mol. The number of nitrogens with one attached hydrogen (secondary N) is 1. The largest absolute Gasteiger partial charge is 0.479 e. The van der Waals surface area contributed by atoms with Gasteiger partial charge in [-0.05, 0) is 0 Å². The number of aliphatic carboxylic acids is 1. The summed E-state index contributed by atoms with van der Waals surface area (Å²) in [4.78, 5) is 54.3. The number of nitrogen functional groups attached to an aromatic ring is 1. The first kappa shape index (κ1) is 23.0. The van der Waals surface area contributed by atoms with Crippen LogP contribution >= 0.6 is 11.3 Å². The second kappa shape index (κ2) is 9.46. The van der Waals surface area contributed by atoms with Gasteiger partial charge in [-0.25, -0.2) is 14.1 Å². The molecule has 1 aromatic heterocycles. The average Bonchev–Trinajstić information content (AvgIpc) is 3.06. The van der Waals surface area contributed by atoms with Crippen LogP contribution in [0, 0.1) is 5.92 Å². The standard InChI is InChI=1S/C13H15N5O10S2/c14-13-16-7(5-29-13)10(17-28-4-8(19)20)11(22)15-1-9(21)27-3-6-2-18(12(6)23)30(24,25)26/h5-6H,1-4H2,(H2,14,16)(H,15,22)(H,19,20)(H,24,25,26)/b17-10-. The Balaban J connectivity index is 1.86. The second-order valence-electron chi connectivity index (χ2n) is 5.59. The van der Waals surface area contributed by atoms with Gasteiger partial charge in [-0.15, -0.1) is 11.3 Å². The Bertz CT molecular complexity index is 988. The van der Waals surface area contributed by atoms with E-state index in [0.717, 1.165) is 11.3 Å². The molecule has 2 heterocycles. The van der Waals surface area contributed by atoms with Gasteiger partial charge in [-0.3, -0.25) is 18.9 Å². The number of esters is 1. The first-order valence-electron chi connectivity index (χ1n) is 7.85. The molecule has 1 aliphatic rings. The summed E-state index contributed by atoms with van der Waals surface area (Å²) in [6.45, 7) is -2.28. The number of oxime groups is 1. The van der Waals surface area contributed by atoms with Gasteiger partial charge in [0.15, 0.2) is 10.8 Å². The van der Waals surface area contributed by atoms with Gasteiger partial charge < -0.3 is 25.7 Å². The second-order valence-corrected chi connectivity index (χ2v) is 7.81. The summed E-state index contributed by atoms with van der Waals surface area (Å²) >= 11 is 0.982. The molecule has 0 saturated carbocycles. The number of hydrogen-bond donors (Lipinski definition) is 4. The van der Waals surface area contributed by atoms with E-state index in [-0.39, 0.29) is 21.7 Å². The van der Waals surface area contributed by atoms with Crippen LogP contribution in [0.5, 0.6) is 0 Å². The van der Waals surface area contributed by atoms with E-state index in [9.17, 15) is 27.6 Å². The van der Waals surface area contributed by atoms with Gasteiger partial charge in [0.2, 0.25) is 12.5 Å². The third kappa shape index (κ3) is 6.09. The van der Waals surface area contributed by atoms with Crippen LogP contribution in [-0.4, -0.2) is 83.1 Å². The molecule has 15 nitrogen and oxygen atoms in total. The summed E-state index contributed by atoms with van der Waals surface area (Å²) in [5.41, 5.74) is 5.03. The van der Waals surface area contributed by atoms with E-state index >= 15 is 0 Å². The molecule has 0 bridgehead atoms. The van der Waals surface area contributed by atoms with Crippen LogP contribution in [0.3, 0.4) is 0 Å². The Kier molecular flexibility index (Phi) is 7.24. The van der Waals surface area contributed by atoms with E-state index in [2.05, 4.69) is 20.3 Å². The molecule has 1 aromatic rings. The third-order valence-electron chi connectivity index (χ3n) is 3.42. The normalized spacial score (nSPS) is 16.6. The van der Waals surface area contributed by atoms with Crippen LogP contribution in [0.25, 0.3) is 0 Å². The Morgan fingerprint density at radius 2 is 2.13 bits per heavy atom. The van der Waals surface area contributed by atoms with Crippen LogP contribution in [0.2, 0.25) is 0 Å². The molecular formula is C13H15N5O10S2. The lowest BCUT2D eigenvalue weighted by molar-refractivity contribution is -0.152. The fraction of sp³-hybridized carbons (Fsp3) is 0.385. The molecule has 2 rings (SSSR count). The number of rotatable bonds is 10. The maximum Gasteiger partial charge on any atom is 0.362 e. The van der Waals surface area contributed by atoms with Gasteiger partial charge in [0, 0.05) is 5.38 Å². The quantitative estimate of drug-likeness (QED) is 0.0920. The molecule has 1 saturated heterocycles. The zero-order chi connectivity index (χ0) is 22.5. The number of thiazole rings is 1. The first-order chi connectivity index (χ1) is 14.0. The predicted octanol–water partition coefficient (Wildman–Crippen LogP) is -2.55. The van der Waals surface area contributed by atoms with Crippen LogP contribution in [0.15, 0.2) is 10.5 Å². The molecule has 0 spiro atoms. The smallest absolute Gasteiger partial charge is 0.362 e. The number of β-lactam (4-membered cyclic amide) rings is 1. The van der Waals surface area contributed by atoms with E-state index in [4.69, 9.17) is 20.1 Å². The minimum atomic E-state index is -4.64. The third-order valence-corrected chi connectivity index (χ3v) is 4.98. The first-order valence-corrected chi connectivity index (χ1v) is 10.1. The van der Waals surface area contributed by atoms with Crippen molar-refractivity contribution >= 4 is 56.2 Å². The van der Waals surface area contributed by atoms with Crippen molar-refractivity contribution in [3.63, 3.8) is 0 Å². The maximum atomic E-state index is 12.2. The highest BCUT2D eigenvalue weighted by molar-refractivity contribution is 7.84. The van der Waals surface area contributed by atoms with Crippen molar-refractivity contribution in [2.24, 2.45) is 11.1 Å². The van der Waals surface area contributed by atoms with E-state index in [1.54, 1.807) is 0 Å². The van der Waals surface area contributed by atoms with Crippen LogP contribution in [-0.2, 0) is 39.1 Å². The number of aromatic nitrogens is 1. The maximum absolute atomic E-state index is 12.2. The number of carbonyl (C=O) groups is 4. The van der Waals surface area contributed by atoms with Crippen molar-refractivity contribution in [1.82, 2.24) is 14.6 Å². The van der Waals surface area contributed by atoms with Crippen LogP contribution in [0.4, 0.5) is 5.13 Å². The molecule has 1 unspecified atom stereocenters. The van der Waals surface area contributed by atoms with Gasteiger partial charge in [-0.1, -0.05) is 5.16 Å². The van der Waals surface area contributed by atoms with Crippen molar-refractivity contribution in [1.29, 1.82) is 0 Å². The molecule has 17 heteroatoms. The van der Waals surface area contributed by atoms with Crippen LogP contribution < -0.4 is 11.1 Å². The average molecular weight is 465 g/mol. The molecule has 164 valence electrons. The fourth-order valence-corrected chi connectivity index (χ4v) is 3.32. The van der Waals surface area contributed by atoms with E-state index in [1.165, 1.54) is 5.38 Å². The van der Waals surface area contributed by atoms with E-state index < -0.39 is 65.4 Å². The number of amides is 2. The molecule has 0 aromatic carbocycles. The van der Waals surface area contributed by atoms with Crippen molar-refractivity contribution in [2.45, 2.75) is 0 Å². The van der Waals surface area contributed by atoms with Crippen molar-refractivity contribution in [3.8, 4) is 0 Å². The zero-order valence-electron chi connectivity index (χ0n) is 14.9. The highest BCUT2D eigenvalue weighted by Crippen LogP contribution is 2.20. The SMILES string of the molecule is Nc1nc(/C(=N/OCC(=O)O)C(=O)NCC(=O)OCC2CN(S(=O)(=O)O)C2=O)cs1. The number of hydrogen-bond acceptors (Lipinski definition) is 12. The van der Waals surface area contributed by atoms with Gasteiger partial charge in [0.05, 0.1) is 12.5 Å². The highest BCUT2D eigenvalue weighted by Gasteiger charge is 2.44. The molecule has 1 fully saturated rings. The summed E-state index contributed by atoms with van der Waals surface area (Å²) in [5, 5.41) is 15.6. The molecule has 2 amide bonds. The Hall–Kier alpha value is -3.31. The summed E-state index contributed by atoms with van der Waals surface area (Å²) < 4.78 is 35.4. The number of carboxylic acid groups (broad SMARTS) is 1. The van der Waals surface area contributed by atoms with Crippen molar-refractivity contribution in [2.75, 3.05) is 32.0 Å². The van der Waals surface area contributed by atoms with Gasteiger partial charge in [-0.2, -0.15) is 8.42 Å². The minimum absolute atomic E-state index is 0.0147. The number of nitrogens with two attached hydrogens (primary N) is 1. The lowest BCUT2D eigenvalue weighted by Crippen LogP contribution is -2.56. The summed E-state index contributed by atoms with van der Waals surface area (Å²) in [5.74, 6) is -5.10. The number of carboxylic acids is 1. The van der Waals surface area contributed by atoms with Crippen molar-refractivity contribution in [3.05, 3.63) is 11.1 Å². The molecule has 1 aliphatic heterocycles. The van der Waals surface area contributed by atoms with Gasteiger partial charge in [0.25, 0.3) is 5.91 Å². The monoisotopic (exact) mass is 465 g/mol. The van der Waals surface area contributed by atoms with E-state index in [0.29, 0.717) is 0 Å². The molecule has 5 N–H and O–H groups in total. The van der Waals surface area contributed by atoms with E-state index in [1.807, 2.05) is 0 Å².